The average molecular weight is 252 g/mol. The topological polar surface area (TPSA) is 59.5 Å². The van der Waals surface area contributed by atoms with Gasteiger partial charge in [-0.3, -0.25) is 4.79 Å². The fraction of sp³-hybridized carbons (Fsp3) is 0.643. The lowest BCUT2D eigenvalue weighted by molar-refractivity contribution is -0.132. The zero-order valence-electron chi connectivity index (χ0n) is 11.4. The molecule has 0 aliphatic rings. The number of hydrogen-bond donors (Lipinski definition) is 1. The van der Waals surface area contributed by atoms with Crippen molar-refractivity contribution in [1.82, 2.24) is 4.90 Å². The molecule has 0 bridgehead atoms. The fourth-order valence-electron chi connectivity index (χ4n) is 1.92. The van der Waals surface area contributed by atoms with Gasteiger partial charge in [0.25, 0.3) is 0 Å². The lowest BCUT2D eigenvalue weighted by Crippen LogP contribution is -2.30. The molecule has 0 aromatic carbocycles. The number of hydrogen-bond acceptors (Lipinski definition) is 3. The van der Waals surface area contributed by atoms with E-state index in [9.17, 15) is 4.79 Å². The molecule has 2 N–H and O–H groups in total. The van der Waals surface area contributed by atoms with Crippen molar-refractivity contribution in [2.75, 3.05) is 13.1 Å². The largest absolute Gasteiger partial charge is 0.467 e. The zero-order chi connectivity index (χ0) is 13.4. The molecule has 1 aromatic heterocycles. The Hall–Kier alpha value is -1.29. The van der Waals surface area contributed by atoms with E-state index in [0.29, 0.717) is 32.0 Å². The molecule has 0 aliphatic carbocycles. The second kappa shape index (κ2) is 7.93. The Balaban J connectivity index is 2.37. The molecule has 0 fully saturated rings. The van der Waals surface area contributed by atoms with E-state index in [1.165, 1.54) is 0 Å². The second-order valence-electron chi connectivity index (χ2n) is 4.71. The smallest absolute Gasteiger partial charge is 0.222 e. The SMILES string of the molecule is CCN(Cc1ccco1)C(=O)CCC(C)CCN. The number of rotatable bonds is 8. The van der Waals surface area contributed by atoms with Gasteiger partial charge in [0, 0.05) is 13.0 Å². The number of amides is 1. The van der Waals surface area contributed by atoms with Crippen LogP contribution in [0.3, 0.4) is 0 Å². The van der Waals surface area contributed by atoms with Gasteiger partial charge in [0.2, 0.25) is 5.91 Å². The first-order chi connectivity index (χ1) is 8.67. The van der Waals surface area contributed by atoms with Crippen molar-refractivity contribution in [3.05, 3.63) is 24.2 Å². The molecule has 102 valence electrons. The summed E-state index contributed by atoms with van der Waals surface area (Å²) in [6.45, 7) is 6.10. The van der Waals surface area contributed by atoms with E-state index in [1.54, 1.807) is 6.26 Å². The summed E-state index contributed by atoms with van der Waals surface area (Å²) in [5, 5.41) is 0. The van der Waals surface area contributed by atoms with E-state index >= 15 is 0 Å². The van der Waals surface area contributed by atoms with Crippen molar-refractivity contribution in [3.63, 3.8) is 0 Å². The van der Waals surface area contributed by atoms with Crippen molar-refractivity contribution in [2.24, 2.45) is 11.7 Å². The van der Waals surface area contributed by atoms with Crippen LogP contribution in [0.2, 0.25) is 0 Å². The minimum atomic E-state index is 0.192. The second-order valence-corrected chi connectivity index (χ2v) is 4.71. The Morgan fingerprint density at radius 2 is 2.28 bits per heavy atom. The summed E-state index contributed by atoms with van der Waals surface area (Å²) in [6, 6.07) is 3.74. The van der Waals surface area contributed by atoms with Crippen LogP contribution in [-0.2, 0) is 11.3 Å². The molecule has 0 saturated heterocycles. The Morgan fingerprint density at radius 1 is 1.50 bits per heavy atom. The molecule has 1 rings (SSSR count). The Kier molecular flexibility index (Phi) is 6.50. The van der Waals surface area contributed by atoms with Crippen LogP contribution in [0.15, 0.2) is 22.8 Å². The summed E-state index contributed by atoms with van der Waals surface area (Å²) in [7, 11) is 0. The van der Waals surface area contributed by atoms with Gasteiger partial charge >= 0.3 is 0 Å². The van der Waals surface area contributed by atoms with Crippen molar-refractivity contribution < 1.29 is 9.21 Å². The first-order valence-corrected chi connectivity index (χ1v) is 6.67. The van der Waals surface area contributed by atoms with Crippen LogP contribution < -0.4 is 5.73 Å². The van der Waals surface area contributed by atoms with Gasteiger partial charge in [0.15, 0.2) is 0 Å². The number of furan rings is 1. The summed E-state index contributed by atoms with van der Waals surface area (Å²) in [5.41, 5.74) is 5.50. The summed E-state index contributed by atoms with van der Waals surface area (Å²) < 4.78 is 5.27. The molecule has 1 aromatic rings. The van der Waals surface area contributed by atoms with Gasteiger partial charge in [-0.25, -0.2) is 0 Å². The molecular weight excluding hydrogens is 228 g/mol. The maximum absolute atomic E-state index is 12.1. The average Bonchev–Trinajstić information content (AvgIpc) is 2.86. The predicted molar refractivity (Wildman–Crippen MR) is 71.9 cm³/mol. The maximum Gasteiger partial charge on any atom is 0.222 e. The van der Waals surface area contributed by atoms with Gasteiger partial charge < -0.3 is 15.1 Å². The van der Waals surface area contributed by atoms with E-state index in [4.69, 9.17) is 10.2 Å². The molecule has 4 nitrogen and oxygen atoms in total. The van der Waals surface area contributed by atoms with Crippen LogP contribution in [0.1, 0.15) is 38.9 Å². The maximum atomic E-state index is 12.1. The predicted octanol–water partition coefficient (Wildman–Crippen LogP) is 2.39. The summed E-state index contributed by atoms with van der Waals surface area (Å²) in [4.78, 5) is 13.9. The van der Waals surface area contributed by atoms with E-state index in [0.717, 1.165) is 18.6 Å². The Labute approximate surface area is 109 Å². The van der Waals surface area contributed by atoms with Crippen molar-refractivity contribution in [1.29, 1.82) is 0 Å². The molecule has 1 heterocycles. The van der Waals surface area contributed by atoms with E-state index < -0.39 is 0 Å². The third-order valence-electron chi connectivity index (χ3n) is 3.17. The number of nitrogens with two attached hydrogens (primary N) is 1. The number of carbonyl (C=O) groups is 1. The highest BCUT2D eigenvalue weighted by Crippen LogP contribution is 2.12. The van der Waals surface area contributed by atoms with Crippen LogP contribution in [0.25, 0.3) is 0 Å². The molecular formula is C14H24N2O2. The summed E-state index contributed by atoms with van der Waals surface area (Å²) >= 11 is 0. The summed E-state index contributed by atoms with van der Waals surface area (Å²) in [5.74, 6) is 1.54. The van der Waals surface area contributed by atoms with Crippen LogP contribution >= 0.6 is 0 Å². The monoisotopic (exact) mass is 252 g/mol. The molecule has 0 aliphatic heterocycles. The highest BCUT2D eigenvalue weighted by molar-refractivity contribution is 5.76. The summed E-state index contributed by atoms with van der Waals surface area (Å²) in [6.07, 6.45) is 4.12. The highest BCUT2D eigenvalue weighted by Gasteiger charge is 2.14. The quantitative estimate of drug-likeness (QED) is 0.772. The number of carbonyl (C=O) groups excluding carboxylic acids is 1. The molecule has 0 saturated carbocycles. The molecule has 4 heteroatoms. The standard InChI is InChI=1S/C14H24N2O2/c1-3-16(11-13-5-4-10-18-13)14(17)7-6-12(2)8-9-15/h4-5,10,12H,3,6-9,11,15H2,1-2H3. The van der Waals surface area contributed by atoms with Crippen molar-refractivity contribution in [2.45, 2.75) is 39.7 Å². The third kappa shape index (κ3) is 4.92. The fourth-order valence-corrected chi connectivity index (χ4v) is 1.92. The molecule has 18 heavy (non-hydrogen) atoms. The molecule has 1 amide bonds. The van der Waals surface area contributed by atoms with Crippen molar-refractivity contribution in [3.8, 4) is 0 Å². The Bertz CT molecular complexity index is 336. The van der Waals surface area contributed by atoms with Crippen LogP contribution in [0, 0.1) is 5.92 Å². The normalized spacial score (nSPS) is 12.4. The third-order valence-corrected chi connectivity index (χ3v) is 3.17. The first kappa shape index (κ1) is 14.8. The van der Waals surface area contributed by atoms with Crippen LogP contribution in [0.5, 0.6) is 0 Å². The number of nitrogens with zero attached hydrogens (tertiary/aromatic N) is 1. The van der Waals surface area contributed by atoms with E-state index in [1.807, 2.05) is 24.0 Å². The Morgan fingerprint density at radius 3 is 2.83 bits per heavy atom. The molecule has 1 atom stereocenters. The van der Waals surface area contributed by atoms with Gasteiger partial charge in [-0.05, 0) is 44.4 Å². The van der Waals surface area contributed by atoms with E-state index in [-0.39, 0.29) is 5.91 Å². The first-order valence-electron chi connectivity index (χ1n) is 6.67. The minimum Gasteiger partial charge on any atom is -0.467 e. The molecule has 0 spiro atoms. The van der Waals surface area contributed by atoms with E-state index in [2.05, 4.69) is 6.92 Å². The van der Waals surface area contributed by atoms with Gasteiger partial charge in [-0.1, -0.05) is 6.92 Å². The highest BCUT2D eigenvalue weighted by atomic mass is 16.3. The van der Waals surface area contributed by atoms with Crippen LogP contribution in [0.4, 0.5) is 0 Å². The lowest BCUT2D eigenvalue weighted by Gasteiger charge is -2.20. The van der Waals surface area contributed by atoms with Gasteiger partial charge in [0.05, 0.1) is 12.8 Å². The lowest BCUT2D eigenvalue weighted by atomic mass is 10.0. The zero-order valence-corrected chi connectivity index (χ0v) is 11.4. The van der Waals surface area contributed by atoms with Crippen molar-refractivity contribution >= 4 is 5.91 Å². The molecule has 1 unspecified atom stereocenters. The van der Waals surface area contributed by atoms with Gasteiger partial charge in [0.1, 0.15) is 5.76 Å². The van der Waals surface area contributed by atoms with Crippen LogP contribution in [-0.4, -0.2) is 23.9 Å². The molecule has 0 radical (unpaired) electrons. The van der Waals surface area contributed by atoms with Gasteiger partial charge in [-0.15, -0.1) is 0 Å². The van der Waals surface area contributed by atoms with Gasteiger partial charge in [-0.2, -0.15) is 0 Å². The minimum absolute atomic E-state index is 0.192.